The lowest BCUT2D eigenvalue weighted by atomic mass is 10.2. The zero-order valence-corrected chi connectivity index (χ0v) is 10.6. The predicted molar refractivity (Wildman–Crippen MR) is 70.1 cm³/mol. The standard InChI is InChI=1S/C13H12N2O5/c1-20-12-5-4-9(7-11(12)15(18)19)8-14-6-2-3-10(14)13(16)17/h2-7H,8H2,1H3,(H,16,17). The fourth-order valence-electron chi connectivity index (χ4n) is 1.92. The molecule has 0 aliphatic rings. The normalized spacial score (nSPS) is 10.2. The first kappa shape index (κ1) is 13.6. The van der Waals surface area contributed by atoms with Gasteiger partial charge in [0.2, 0.25) is 0 Å². The van der Waals surface area contributed by atoms with Gasteiger partial charge < -0.3 is 14.4 Å². The minimum atomic E-state index is -1.04. The summed E-state index contributed by atoms with van der Waals surface area (Å²) in [7, 11) is 1.36. The summed E-state index contributed by atoms with van der Waals surface area (Å²) in [5.74, 6) is -0.872. The first-order chi connectivity index (χ1) is 9.52. The van der Waals surface area contributed by atoms with Crippen LogP contribution in [0.3, 0.4) is 0 Å². The molecular formula is C13H12N2O5. The molecule has 2 rings (SSSR count). The Labute approximate surface area is 114 Å². The Kier molecular flexibility index (Phi) is 3.69. The number of methoxy groups -OCH3 is 1. The lowest BCUT2D eigenvalue weighted by molar-refractivity contribution is -0.385. The molecule has 0 radical (unpaired) electrons. The van der Waals surface area contributed by atoms with E-state index in [0.717, 1.165) is 0 Å². The van der Waals surface area contributed by atoms with Gasteiger partial charge in [-0.3, -0.25) is 10.1 Å². The zero-order chi connectivity index (χ0) is 14.7. The van der Waals surface area contributed by atoms with Crippen LogP contribution in [0.4, 0.5) is 5.69 Å². The van der Waals surface area contributed by atoms with Gasteiger partial charge in [-0.2, -0.15) is 0 Å². The molecule has 0 unspecified atom stereocenters. The molecule has 20 heavy (non-hydrogen) atoms. The van der Waals surface area contributed by atoms with E-state index in [1.807, 2.05) is 0 Å². The zero-order valence-electron chi connectivity index (χ0n) is 10.6. The summed E-state index contributed by atoms with van der Waals surface area (Å²) in [4.78, 5) is 21.4. The third kappa shape index (κ3) is 2.61. The molecular weight excluding hydrogens is 264 g/mol. The lowest BCUT2D eigenvalue weighted by Crippen LogP contribution is -2.08. The Morgan fingerprint density at radius 2 is 2.20 bits per heavy atom. The number of nitrogens with zero attached hydrogens (tertiary/aromatic N) is 2. The average Bonchev–Trinajstić information content (AvgIpc) is 2.87. The van der Waals surface area contributed by atoms with Crippen molar-refractivity contribution in [1.29, 1.82) is 0 Å². The molecule has 7 nitrogen and oxygen atoms in total. The van der Waals surface area contributed by atoms with Crippen LogP contribution in [0, 0.1) is 10.1 Å². The Bertz CT molecular complexity index is 663. The van der Waals surface area contributed by atoms with E-state index in [4.69, 9.17) is 9.84 Å². The minimum absolute atomic E-state index is 0.128. The van der Waals surface area contributed by atoms with Gasteiger partial charge in [0.15, 0.2) is 5.75 Å². The predicted octanol–water partition coefficient (Wildman–Crippen LogP) is 2.15. The van der Waals surface area contributed by atoms with Gasteiger partial charge in [-0.25, -0.2) is 4.79 Å². The summed E-state index contributed by atoms with van der Waals surface area (Å²) in [6.07, 6.45) is 1.61. The maximum absolute atomic E-state index is 11.0. The number of rotatable bonds is 5. The Balaban J connectivity index is 2.34. The highest BCUT2D eigenvalue weighted by Gasteiger charge is 2.16. The van der Waals surface area contributed by atoms with E-state index in [2.05, 4.69) is 0 Å². The van der Waals surface area contributed by atoms with E-state index in [0.29, 0.717) is 5.56 Å². The van der Waals surface area contributed by atoms with E-state index in [9.17, 15) is 14.9 Å². The third-order valence-corrected chi connectivity index (χ3v) is 2.84. The summed E-state index contributed by atoms with van der Waals surface area (Å²) in [6, 6.07) is 7.63. The molecule has 0 bridgehead atoms. The number of aromatic nitrogens is 1. The summed E-state index contributed by atoms with van der Waals surface area (Å²) < 4.78 is 6.42. The van der Waals surface area contributed by atoms with Crippen molar-refractivity contribution in [2.75, 3.05) is 7.11 Å². The highest BCUT2D eigenvalue weighted by Crippen LogP contribution is 2.27. The van der Waals surface area contributed by atoms with Crippen molar-refractivity contribution in [3.8, 4) is 5.75 Å². The monoisotopic (exact) mass is 276 g/mol. The van der Waals surface area contributed by atoms with Gasteiger partial charge in [-0.05, 0) is 23.8 Å². The first-order valence-corrected chi connectivity index (χ1v) is 5.72. The molecule has 0 atom stereocenters. The highest BCUT2D eigenvalue weighted by molar-refractivity contribution is 5.85. The number of aromatic carboxylic acids is 1. The van der Waals surface area contributed by atoms with E-state index in [1.165, 1.54) is 29.9 Å². The summed E-state index contributed by atoms with van der Waals surface area (Å²) >= 11 is 0. The van der Waals surface area contributed by atoms with E-state index in [1.54, 1.807) is 18.3 Å². The van der Waals surface area contributed by atoms with Gasteiger partial charge in [0, 0.05) is 18.8 Å². The van der Waals surface area contributed by atoms with Crippen molar-refractivity contribution in [3.05, 3.63) is 57.9 Å². The number of nitro benzene ring substituents is 1. The number of carboxylic acid groups (broad SMARTS) is 1. The maximum Gasteiger partial charge on any atom is 0.352 e. The topological polar surface area (TPSA) is 94.6 Å². The summed E-state index contributed by atoms with van der Waals surface area (Å²) in [6.45, 7) is 0.236. The van der Waals surface area contributed by atoms with Gasteiger partial charge in [0.05, 0.1) is 12.0 Å². The smallest absolute Gasteiger partial charge is 0.352 e. The molecule has 0 saturated heterocycles. The molecule has 2 aromatic rings. The van der Waals surface area contributed by atoms with Gasteiger partial charge in [-0.1, -0.05) is 6.07 Å². The third-order valence-electron chi connectivity index (χ3n) is 2.84. The van der Waals surface area contributed by atoms with Gasteiger partial charge >= 0.3 is 11.7 Å². The van der Waals surface area contributed by atoms with E-state index in [-0.39, 0.29) is 23.7 Å². The van der Waals surface area contributed by atoms with Crippen LogP contribution in [0.15, 0.2) is 36.5 Å². The fourth-order valence-corrected chi connectivity index (χ4v) is 1.92. The van der Waals surface area contributed by atoms with Crippen molar-refractivity contribution in [3.63, 3.8) is 0 Å². The number of nitro groups is 1. The van der Waals surface area contributed by atoms with Crippen molar-refractivity contribution in [2.24, 2.45) is 0 Å². The molecule has 0 spiro atoms. The van der Waals surface area contributed by atoms with E-state index < -0.39 is 10.9 Å². The second-order valence-electron chi connectivity index (χ2n) is 4.09. The lowest BCUT2D eigenvalue weighted by Gasteiger charge is -2.08. The number of benzene rings is 1. The summed E-state index contributed by atoms with van der Waals surface area (Å²) in [5.41, 5.74) is 0.605. The van der Waals surface area contributed by atoms with Gasteiger partial charge in [0.25, 0.3) is 0 Å². The number of hydrogen-bond donors (Lipinski definition) is 1. The summed E-state index contributed by atoms with van der Waals surface area (Å²) in [5, 5.41) is 19.9. The number of carbonyl (C=O) groups is 1. The van der Waals surface area contributed by atoms with Crippen molar-refractivity contribution in [1.82, 2.24) is 4.57 Å². The Morgan fingerprint density at radius 3 is 2.80 bits per heavy atom. The molecule has 0 amide bonds. The van der Waals surface area contributed by atoms with Gasteiger partial charge in [-0.15, -0.1) is 0 Å². The molecule has 7 heteroatoms. The van der Waals surface area contributed by atoms with Crippen LogP contribution in [0.25, 0.3) is 0 Å². The van der Waals surface area contributed by atoms with Crippen LogP contribution in [0.1, 0.15) is 16.1 Å². The largest absolute Gasteiger partial charge is 0.490 e. The Morgan fingerprint density at radius 1 is 1.45 bits per heavy atom. The minimum Gasteiger partial charge on any atom is -0.490 e. The molecule has 1 aromatic carbocycles. The quantitative estimate of drug-likeness (QED) is 0.667. The molecule has 0 saturated carbocycles. The van der Waals surface area contributed by atoms with Crippen molar-refractivity contribution < 1.29 is 19.6 Å². The van der Waals surface area contributed by atoms with Crippen LogP contribution in [-0.4, -0.2) is 27.7 Å². The van der Waals surface area contributed by atoms with Crippen LogP contribution >= 0.6 is 0 Å². The van der Waals surface area contributed by atoms with Gasteiger partial charge in [0.1, 0.15) is 5.69 Å². The molecule has 1 heterocycles. The molecule has 0 aliphatic heterocycles. The second-order valence-corrected chi connectivity index (χ2v) is 4.09. The highest BCUT2D eigenvalue weighted by atomic mass is 16.6. The van der Waals surface area contributed by atoms with Crippen LogP contribution in [-0.2, 0) is 6.54 Å². The molecule has 0 aliphatic carbocycles. The first-order valence-electron chi connectivity index (χ1n) is 5.72. The van der Waals surface area contributed by atoms with Crippen LogP contribution in [0.5, 0.6) is 5.75 Å². The fraction of sp³-hybridized carbons (Fsp3) is 0.154. The van der Waals surface area contributed by atoms with E-state index >= 15 is 0 Å². The second kappa shape index (κ2) is 5.43. The molecule has 1 aromatic heterocycles. The number of carboxylic acids is 1. The molecule has 104 valence electrons. The van der Waals surface area contributed by atoms with Crippen molar-refractivity contribution >= 4 is 11.7 Å². The van der Waals surface area contributed by atoms with Crippen LogP contribution in [0.2, 0.25) is 0 Å². The number of ether oxygens (including phenoxy) is 1. The SMILES string of the molecule is COc1ccc(Cn2cccc2C(=O)O)cc1[N+](=O)[O-]. The molecule has 1 N–H and O–H groups in total. The Hall–Kier alpha value is -2.83. The van der Waals surface area contributed by atoms with Crippen LogP contribution < -0.4 is 4.74 Å². The van der Waals surface area contributed by atoms with Crippen molar-refractivity contribution in [2.45, 2.75) is 6.54 Å². The molecule has 0 fully saturated rings. The maximum atomic E-state index is 11.0. The number of hydrogen-bond acceptors (Lipinski definition) is 4. The average molecular weight is 276 g/mol.